The van der Waals surface area contributed by atoms with Gasteiger partial charge in [-0.25, -0.2) is 8.42 Å². The number of anilines is 1. The Labute approximate surface area is 195 Å². The molecule has 2 aromatic carbocycles. The van der Waals surface area contributed by atoms with Crippen LogP contribution in [0, 0.1) is 3.57 Å². The normalized spacial score (nSPS) is 12.2. The summed E-state index contributed by atoms with van der Waals surface area (Å²) >= 11 is 8.35. The molecule has 0 bridgehead atoms. The average Bonchev–Trinajstić information content (AvgIpc) is 2.70. The first-order valence-corrected chi connectivity index (χ1v) is 12.3. The van der Waals surface area contributed by atoms with E-state index in [2.05, 4.69) is 27.9 Å². The van der Waals surface area contributed by atoms with E-state index in [4.69, 9.17) is 11.6 Å². The van der Waals surface area contributed by atoms with Crippen LogP contribution in [0.2, 0.25) is 5.02 Å². The zero-order chi connectivity index (χ0) is 22.5. The molecule has 0 radical (unpaired) electrons. The molecule has 1 atom stereocenters. The van der Waals surface area contributed by atoms with E-state index in [0.29, 0.717) is 16.3 Å². The van der Waals surface area contributed by atoms with Crippen molar-refractivity contribution in [1.29, 1.82) is 0 Å². The summed E-state index contributed by atoms with van der Waals surface area (Å²) in [6, 6.07) is 13.0. The van der Waals surface area contributed by atoms with Crippen molar-refractivity contribution in [1.82, 2.24) is 10.2 Å². The lowest BCUT2D eigenvalue weighted by atomic mass is 10.1. The number of sulfonamides is 1. The van der Waals surface area contributed by atoms with Gasteiger partial charge in [0.25, 0.3) is 0 Å². The topological polar surface area (TPSA) is 86.8 Å². The van der Waals surface area contributed by atoms with Crippen molar-refractivity contribution >= 4 is 61.7 Å². The van der Waals surface area contributed by atoms with Crippen molar-refractivity contribution in [2.24, 2.45) is 0 Å². The van der Waals surface area contributed by atoms with E-state index in [1.807, 2.05) is 0 Å². The van der Waals surface area contributed by atoms with Gasteiger partial charge in [0.05, 0.1) is 11.9 Å². The third kappa shape index (κ3) is 6.32. The van der Waals surface area contributed by atoms with Gasteiger partial charge >= 0.3 is 0 Å². The Morgan fingerprint density at radius 3 is 2.27 bits per heavy atom. The van der Waals surface area contributed by atoms with Gasteiger partial charge in [-0.3, -0.25) is 13.9 Å². The van der Waals surface area contributed by atoms with Crippen molar-refractivity contribution < 1.29 is 18.0 Å². The predicted molar refractivity (Wildman–Crippen MR) is 127 cm³/mol. The number of nitrogens with zero attached hydrogens (tertiary/aromatic N) is 2. The molecule has 0 heterocycles. The number of carbonyl (C=O) groups is 2. The SMILES string of the molecule is CNC(=O)[C@H](C)N(Cc1ccccc1Cl)C(=O)CN(c1ccc(I)cc1)S(C)(=O)=O. The number of benzene rings is 2. The van der Waals surface area contributed by atoms with Crippen LogP contribution in [0.15, 0.2) is 48.5 Å². The number of hydrogen-bond acceptors (Lipinski definition) is 4. The van der Waals surface area contributed by atoms with E-state index in [9.17, 15) is 18.0 Å². The maximum atomic E-state index is 13.2. The van der Waals surface area contributed by atoms with Crippen LogP contribution in [0.4, 0.5) is 5.69 Å². The Bertz CT molecular complexity index is 1010. The van der Waals surface area contributed by atoms with Crippen LogP contribution >= 0.6 is 34.2 Å². The molecule has 2 rings (SSSR count). The van der Waals surface area contributed by atoms with Gasteiger partial charge in [0.1, 0.15) is 12.6 Å². The van der Waals surface area contributed by atoms with Gasteiger partial charge in [0.2, 0.25) is 21.8 Å². The Hall–Kier alpha value is -1.85. The van der Waals surface area contributed by atoms with E-state index in [-0.39, 0.29) is 12.5 Å². The minimum absolute atomic E-state index is 0.0668. The minimum Gasteiger partial charge on any atom is -0.357 e. The first-order chi connectivity index (χ1) is 14.0. The lowest BCUT2D eigenvalue weighted by Gasteiger charge is -2.31. The fourth-order valence-corrected chi connectivity index (χ4v) is 4.23. The van der Waals surface area contributed by atoms with Gasteiger partial charge in [-0.2, -0.15) is 0 Å². The fraction of sp³-hybridized carbons (Fsp3) is 0.300. The summed E-state index contributed by atoms with van der Waals surface area (Å²) in [5.74, 6) is -0.884. The van der Waals surface area contributed by atoms with Crippen LogP contribution < -0.4 is 9.62 Å². The molecular formula is C20H23ClIN3O4S. The van der Waals surface area contributed by atoms with Crippen LogP contribution in [-0.2, 0) is 26.2 Å². The molecule has 10 heteroatoms. The van der Waals surface area contributed by atoms with Crippen molar-refractivity contribution in [3.63, 3.8) is 0 Å². The molecule has 0 saturated carbocycles. The highest BCUT2D eigenvalue weighted by Crippen LogP contribution is 2.22. The standard InChI is InChI=1S/C20H23ClIN3O4S/c1-14(20(27)23-2)24(12-15-6-4-5-7-18(15)21)19(26)13-25(30(3,28)29)17-10-8-16(22)9-11-17/h4-11,14H,12-13H2,1-3H3,(H,23,27)/t14-/m0/s1. The Morgan fingerprint density at radius 2 is 1.73 bits per heavy atom. The highest BCUT2D eigenvalue weighted by Gasteiger charge is 2.30. The lowest BCUT2D eigenvalue weighted by Crippen LogP contribution is -2.50. The molecule has 1 N–H and O–H groups in total. The second-order valence-corrected chi connectivity index (χ2v) is 10.2. The number of likely N-dealkylation sites (N-methyl/N-ethyl adjacent to an activating group) is 1. The lowest BCUT2D eigenvalue weighted by molar-refractivity contribution is -0.139. The molecule has 30 heavy (non-hydrogen) atoms. The van der Waals surface area contributed by atoms with E-state index >= 15 is 0 Å². The maximum Gasteiger partial charge on any atom is 0.244 e. The Morgan fingerprint density at radius 1 is 1.13 bits per heavy atom. The summed E-state index contributed by atoms with van der Waals surface area (Å²) in [6.07, 6.45) is 1.04. The Kier molecular flexibility index (Phi) is 8.51. The third-order valence-corrected chi connectivity index (χ3v) is 6.73. The summed E-state index contributed by atoms with van der Waals surface area (Å²) < 4.78 is 26.8. The molecule has 2 amide bonds. The fourth-order valence-electron chi connectivity index (χ4n) is 2.82. The molecule has 0 spiro atoms. The number of nitrogens with one attached hydrogen (secondary N) is 1. The van der Waals surface area contributed by atoms with Crippen LogP contribution in [0.1, 0.15) is 12.5 Å². The zero-order valence-electron chi connectivity index (χ0n) is 16.8. The molecule has 2 aromatic rings. The number of halogens is 2. The highest BCUT2D eigenvalue weighted by atomic mass is 127. The molecule has 0 aromatic heterocycles. The van der Waals surface area contributed by atoms with Gasteiger partial charge in [0, 0.05) is 22.2 Å². The summed E-state index contributed by atoms with van der Waals surface area (Å²) in [4.78, 5) is 26.8. The van der Waals surface area contributed by atoms with Crippen molar-refractivity contribution in [2.45, 2.75) is 19.5 Å². The second kappa shape index (κ2) is 10.5. The number of amides is 2. The molecule has 7 nitrogen and oxygen atoms in total. The first-order valence-electron chi connectivity index (χ1n) is 9.02. The Balaban J connectivity index is 2.38. The van der Waals surface area contributed by atoms with E-state index in [1.165, 1.54) is 11.9 Å². The molecule has 0 aliphatic rings. The van der Waals surface area contributed by atoms with Gasteiger partial charge in [-0.15, -0.1) is 0 Å². The van der Waals surface area contributed by atoms with Crippen LogP contribution in [0.3, 0.4) is 0 Å². The van der Waals surface area contributed by atoms with E-state index in [0.717, 1.165) is 14.1 Å². The van der Waals surface area contributed by atoms with Crippen molar-refractivity contribution in [3.05, 3.63) is 62.7 Å². The smallest absolute Gasteiger partial charge is 0.244 e. The van der Waals surface area contributed by atoms with E-state index < -0.39 is 28.5 Å². The number of carbonyl (C=O) groups excluding carboxylic acids is 2. The van der Waals surface area contributed by atoms with Crippen molar-refractivity contribution in [3.8, 4) is 0 Å². The minimum atomic E-state index is -3.74. The molecular weight excluding hydrogens is 541 g/mol. The third-order valence-electron chi connectivity index (χ3n) is 4.51. The van der Waals surface area contributed by atoms with Gasteiger partial charge in [-0.1, -0.05) is 29.8 Å². The largest absolute Gasteiger partial charge is 0.357 e. The summed E-state index contributed by atoms with van der Waals surface area (Å²) in [5, 5.41) is 2.98. The molecule has 0 saturated heterocycles. The first kappa shape index (κ1) is 24.4. The quantitative estimate of drug-likeness (QED) is 0.501. The summed E-state index contributed by atoms with van der Waals surface area (Å²) in [5.41, 5.74) is 1.03. The monoisotopic (exact) mass is 563 g/mol. The van der Waals surface area contributed by atoms with Crippen LogP contribution in [-0.4, -0.2) is 51.0 Å². The van der Waals surface area contributed by atoms with Gasteiger partial charge in [-0.05, 0) is 65.4 Å². The molecule has 0 fully saturated rings. The number of hydrogen-bond donors (Lipinski definition) is 1. The van der Waals surface area contributed by atoms with Crippen LogP contribution in [0.5, 0.6) is 0 Å². The highest BCUT2D eigenvalue weighted by molar-refractivity contribution is 14.1. The summed E-state index contributed by atoms with van der Waals surface area (Å²) in [6.45, 7) is 1.21. The summed E-state index contributed by atoms with van der Waals surface area (Å²) in [7, 11) is -2.26. The number of rotatable bonds is 8. The van der Waals surface area contributed by atoms with Gasteiger partial charge in [0.15, 0.2) is 0 Å². The zero-order valence-corrected chi connectivity index (χ0v) is 20.5. The average molecular weight is 564 g/mol. The van der Waals surface area contributed by atoms with Gasteiger partial charge < -0.3 is 10.2 Å². The van der Waals surface area contributed by atoms with Crippen LogP contribution in [0.25, 0.3) is 0 Å². The molecule has 0 aliphatic carbocycles. The van der Waals surface area contributed by atoms with Crippen molar-refractivity contribution in [2.75, 3.05) is 24.2 Å². The predicted octanol–water partition coefficient (Wildman–Crippen LogP) is 2.87. The van der Waals surface area contributed by atoms with E-state index in [1.54, 1.807) is 55.5 Å². The molecule has 0 unspecified atom stereocenters. The maximum absolute atomic E-state index is 13.2. The second-order valence-electron chi connectivity index (χ2n) is 6.65. The molecule has 0 aliphatic heterocycles. The molecule has 162 valence electrons.